The van der Waals surface area contributed by atoms with E-state index in [-0.39, 0.29) is 5.75 Å². The van der Waals surface area contributed by atoms with Gasteiger partial charge in [-0.25, -0.2) is 4.39 Å². The maximum absolute atomic E-state index is 14.1. The van der Waals surface area contributed by atoms with Gasteiger partial charge in [-0.05, 0) is 86.6 Å². The van der Waals surface area contributed by atoms with Crippen LogP contribution in [0.1, 0.15) is 26.7 Å². The lowest BCUT2D eigenvalue weighted by Gasteiger charge is -2.11. The summed E-state index contributed by atoms with van der Waals surface area (Å²) >= 11 is 9.76. The normalized spacial score (nSPS) is 10.1. The zero-order valence-corrected chi connectivity index (χ0v) is 18.2. The van der Waals surface area contributed by atoms with Gasteiger partial charge in [0.15, 0.2) is 11.6 Å². The lowest BCUT2D eigenvalue weighted by molar-refractivity contribution is 0.135. The highest BCUT2D eigenvalue weighted by molar-refractivity contribution is 9.28. The van der Waals surface area contributed by atoms with Gasteiger partial charge in [-0.1, -0.05) is 5.16 Å². The van der Waals surface area contributed by atoms with Gasteiger partial charge in [0.25, 0.3) is 0 Å². The van der Waals surface area contributed by atoms with Crippen LogP contribution in [-0.2, 0) is 4.84 Å². The third kappa shape index (κ3) is 9.03. The van der Waals surface area contributed by atoms with E-state index >= 15 is 0 Å². The minimum Gasteiger partial charge on any atom is -0.489 e. The van der Waals surface area contributed by atoms with Crippen molar-refractivity contribution in [1.29, 1.82) is 0 Å². The number of ether oxygens (including phenoxy) is 2. The maximum atomic E-state index is 14.1. The van der Waals surface area contributed by atoms with Crippen LogP contribution in [0.3, 0.4) is 0 Å². The number of hydrogen-bond donors (Lipinski definition) is 0. The number of benzene rings is 1. The smallest absolute Gasteiger partial charge is 0.169 e. The number of halogens is 4. The molecule has 0 aliphatic rings. The van der Waals surface area contributed by atoms with E-state index in [1.54, 1.807) is 12.1 Å². The highest BCUT2D eigenvalue weighted by Crippen LogP contribution is 2.33. The highest BCUT2D eigenvalue weighted by Gasteiger charge is 2.11. The Balaban J connectivity index is 2.43. The molecule has 134 valence electrons. The van der Waals surface area contributed by atoms with Crippen LogP contribution >= 0.6 is 47.8 Å². The fourth-order valence-electron chi connectivity index (χ4n) is 1.58. The molecule has 4 nitrogen and oxygen atoms in total. The molecule has 1 aromatic carbocycles. The van der Waals surface area contributed by atoms with E-state index < -0.39 is 5.82 Å². The molecule has 0 unspecified atom stereocenters. The van der Waals surface area contributed by atoms with Crippen molar-refractivity contribution in [2.75, 3.05) is 19.8 Å². The average molecular weight is 532 g/mol. The molecule has 1 rings (SSSR count). The first-order chi connectivity index (χ1) is 11.4. The molecule has 0 heterocycles. The van der Waals surface area contributed by atoms with Crippen LogP contribution in [0.5, 0.6) is 11.5 Å². The maximum Gasteiger partial charge on any atom is 0.169 e. The van der Waals surface area contributed by atoms with Gasteiger partial charge < -0.3 is 14.3 Å². The Labute approximate surface area is 166 Å². The first-order valence-electron chi connectivity index (χ1n) is 7.29. The molecule has 0 aliphatic carbocycles. The van der Waals surface area contributed by atoms with Gasteiger partial charge in [0, 0.05) is 6.07 Å². The molecule has 0 spiro atoms. The quantitative estimate of drug-likeness (QED) is 0.206. The third-order valence-corrected chi connectivity index (χ3v) is 3.82. The predicted octanol–water partition coefficient (Wildman–Crippen LogP) is 6.17. The standard InChI is InChI=1S/C16H19Br3FNO3/c1-11(2)21-24-7-4-3-6-23-16-13(17)9-12(10-14(16)20)22-8-5-15(18)19/h5,9-10H,3-4,6-8H2,1-2H3. The fraction of sp³-hybridized carbons (Fsp3) is 0.438. The van der Waals surface area contributed by atoms with Gasteiger partial charge in [-0.2, -0.15) is 0 Å². The Morgan fingerprint density at radius 2 is 1.88 bits per heavy atom. The van der Waals surface area contributed by atoms with Crippen molar-refractivity contribution in [2.24, 2.45) is 5.16 Å². The molecule has 0 N–H and O–H groups in total. The monoisotopic (exact) mass is 529 g/mol. The summed E-state index contributed by atoms with van der Waals surface area (Å²) in [5.41, 5.74) is 0.874. The zero-order valence-electron chi connectivity index (χ0n) is 13.5. The minimum atomic E-state index is -0.469. The summed E-state index contributed by atoms with van der Waals surface area (Å²) in [5, 5.41) is 3.84. The number of oxime groups is 1. The molecular formula is C16H19Br3FNO3. The Kier molecular flexibility index (Phi) is 10.6. The number of rotatable bonds is 10. The molecule has 0 aromatic heterocycles. The van der Waals surface area contributed by atoms with E-state index in [1.165, 1.54) is 6.07 Å². The van der Waals surface area contributed by atoms with Crippen LogP contribution in [0.4, 0.5) is 4.39 Å². The van der Waals surface area contributed by atoms with Crippen LogP contribution in [0.2, 0.25) is 0 Å². The van der Waals surface area contributed by atoms with Gasteiger partial charge in [0.2, 0.25) is 0 Å². The van der Waals surface area contributed by atoms with Gasteiger partial charge in [0.05, 0.1) is 20.2 Å². The molecule has 0 saturated carbocycles. The van der Waals surface area contributed by atoms with Crippen molar-refractivity contribution in [2.45, 2.75) is 26.7 Å². The SMILES string of the molecule is CC(C)=NOCCCCOc1c(F)cc(OCC=C(Br)Br)cc1Br. The summed E-state index contributed by atoms with van der Waals surface area (Å²) in [7, 11) is 0. The van der Waals surface area contributed by atoms with E-state index in [2.05, 4.69) is 52.9 Å². The van der Waals surface area contributed by atoms with Crippen molar-refractivity contribution >= 4 is 53.5 Å². The van der Waals surface area contributed by atoms with Crippen molar-refractivity contribution in [1.82, 2.24) is 0 Å². The van der Waals surface area contributed by atoms with E-state index in [0.29, 0.717) is 30.0 Å². The summed E-state index contributed by atoms with van der Waals surface area (Å²) in [6, 6.07) is 2.98. The van der Waals surface area contributed by atoms with Crippen LogP contribution < -0.4 is 9.47 Å². The van der Waals surface area contributed by atoms with Crippen LogP contribution in [0.25, 0.3) is 0 Å². The lowest BCUT2D eigenvalue weighted by Crippen LogP contribution is -2.03. The van der Waals surface area contributed by atoms with Gasteiger partial charge in [-0.15, -0.1) is 0 Å². The van der Waals surface area contributed by atoms with E-state index in [0.717, 1.165) is 21.9 Å². The predicted molar refractivity (Wildman–Crippen MR) is 105 cm³/mol. The first kappa shape index (κ1) is 21.4. The van der Waals surface area contributed by atoms with E-state index in [9.17, 15) is 4.39 Å². The Hall–Kier alpha value is -0.600. The number of hydrogen-bond acceptors (Lipinski definition) is 4. The molecule has 0 radical (unpaired) electrons. The fourth-order valence-corrected chi connectivity index (χ4v) is 2.37. The summed E-state index contributed by atoms with van der Waals surface area (Å²) in [5.74, 6) is 0.136. The van der Waals surface area contributed by atoms with Crippen LogP contribution in [-0.4, -0.2) is 25.5 Å². The summed E-state index contributed by atoms with van der Waals surface area (Å²) in [6.45, 7) is 4.96. The van der Waals surface area contributed by atoms with E-state index in [4.69, 9.17) is 14.3 Å². The number of unbranched alkanes of at least 4 members (excludes halogenated alkanes) is 1. The summed E-state index contributed by atoms with van der Waals surface area (Å²) in [6.07, 6.45) is 3.29. The minimum absolute atomic E-state index is 0.183. The van der Waals surface area contributed by atoms with Crippen molar-refractivity contribution in [3.8, 4) is 11.5 Å². The second-order valence-corrected chi connectivity index (χ2v) is 8.58. The van der Waals surface area contributed by atoms with Crippen LogP contribution in [0, 0.1) is 5.82 Å². The topological polar surface area (TPSA) is 40.0 Å². The van der Waals surface area contributed by atoms with Crippen molar-refractivity contribution in [3.05, 3.63) is 31.9 Å². The molecule has 1 aromatic rings. The van der Waals surface area contributed by atoms with Crippen molar-refractivity contribution in [3.63, 3.8) is 0 Å². The van der Waals surface area contributed by atoms with E-state index in [1.807, 2.05) is 13.8 Å². The molecule has 24 heavy (non-hydrogen) atoms. The molecule has 0 saturated heterocycles. The summed E-state index contributed by atoms with van der Waals surface area (Å²) < 4.78 is 26.3. The second-order valence-electron chi connectivity index (χ2n) is 4.95. The third-order valence-electron chi connectivity index (χ3n) is 2.58. The zero-order chi connectivity index (χ0) is 17.9. The van der Waals surface area contributed by atoms with Gasteiger partial charge >= 0.3 is 0 Å². The van der Waals surface area contributed by atoms with Crippen molar-refractivity contribution < 1.29 is 18.7 Å². The highest BCUT2D eigenvalue weighted by atomic mass is 79.9. The van der Waals surface area contributed by atoms with Crippen LogP contribution in [0.15, 0.2) is 31.2 Å². The molecule has 8 heteroatoms. The molecular weight excluding hydrogens is 513 g/mol. The molecule has 0 bridgehead atoms. The van der Waals surface area contributed by atoms with Gasteiger partial charge in [0.1, 0.15) is 19.0 Å². The Morgan fingerprint density at radius 1 is 1.17 bits per heavy atom. The number of nitrogens with zero attached hydrogens (tertiary/aromatic N) is 1. The molecule has 0 fully saturated rings. The molecule has 0 aliphatic heterocycles. The second kappa shape index (κ2) is 11.9. The van der Waals surface area contributed by atoms with Gasteiger partial charge in [-0.3, -0.25) is 0 Å². The Morgan fingerprint density at radius 3 is 2.50 bits per heavy atom. The molecule has 0 atom stereocenters. The summed E-state index contributed by atoms with van der Waals surface area (Å²) in [4.78, 5) is 5.09. The Bertz CT molecular complexity index is 563. The first-order valence-corrected chi connectivity index (χ1v) is 9.67. The molecule has 0 amide bonds. The average Bonchev–Trinajstić information content (AvgIpc) is 2.47. The lowest BCUT2D eigenvalue weighted by atomic mass is 10.3. The largest absolute Gasteiger partial charge is 0.489 e.